The molecule has 0 aliphatic rings. The van der Waals surface area contributed by atoms with E-state index >= 15 is 0 Å². The standard InChI is InChI=1S/C14H23N3O2/c1-17(2)13-6-4-12(5-7-13)10-15-11-14(18)16-8-9-19-3/h4-7,15H,8-11H2,1-3H3,(H,16,18). The second-order valence-electron chi connectivity index (χ2n) is 4.51. The number of carbonyl (C=O) groups is 1. The molecular weight excluding hydrogens is 242 g/mol. The number of hydrogen-bond donors (Lipinski definition) is 2. The van der Waals surface area contributed by atoms with Crippen LogP contribution in [0.4, 0.5) is 5.69 Å². The molecule has 0 atom stereocenters. The zero-order valence-electron chi connectivity index (χ0n) is 11.9. The molecule has 0 saturated carbocycles. The van der Waals surface area contributed by atoms with Gasteiger partial charge in [-0.2, -0.15) is 0 Å². The lowest BCUT2D eigenvalue weighted by Gasteiger charge is -2.12. The maximum absolute atomic E-state index is 11.4. The van der Waals surface area contributed by atoms with Gasteiger partial charge in [0.1, 0.15) is 0 Å². The van der Waals surface area contributed by atoms with Crippen LogP contribution in [0.3, 0.4) is 0 Å². The molecule has 0 bridgehead atoms. The van der Waals surface area contributed by atoms with Gasteiger partial charge in [-0.3, -0.25) is 4.79 Å². The van der Waals surface area contributed by atoms with Crippen LogP contribution in [-0.2, 0) is 16.1 Å². The number of nitrogens with one attached hydrogen (secondary N) is 2. The number of rotatable bonds is 8. The van der Waals surface area contributed by atoms with Crippen LogP contribution in [0.2, 0.25) is 0 Å². The largest absolute Gasteiger partial charge is 0.383 e. The highest BCUT2D eigenvalue weighted by molar-refractivity contribution is 5.77. The zero-order chi connectivity index (χ0) is 14.1. The van der Waals surface area contributed by atoms with Gasteiger partial charge in [0.2, 0.25) is 5.91 Å². The average molecular weight is 265 g/mol. The van der Waals surface area contributed by atoms with Gasteiger partial charge < -0.3 is 20.3 Å². The van der Waals surface area contributed by atoms with E-state index in [0.717, 1.165) is 5.56 Å². The molecule has 2 N–H and O–H groups in total. The number of nitrogens with zero attached hydrogens (tertiary/aromatic N) is 1. The van der Waals surface area contributed by atoms with Gasteiger partial charge >= 0.3 is 0 Å². The van der Waals surface area contributed by atoms with E-state index in [2.05, 4.69) is 39.8 Å². The third-order valence-corrected chi connectivity index (χ3v) is 2.70. The monoisotopic (exact) mass is 265 g/mol. The Labute approximate surface area is 114 Å². The van der Waals surface area contributed by atoms with Gasteiger partial charge in [0.05, 0.1) is 13.2 Å². The second-order valence-corrected chi connectivity index (χ2v) is 4.51. The lowest BCUT2D eigenvalue weighted by molar-refractivity contribution is -0.120. The first-order valence-electron chi connectivity index (χ1n) is 6.36. The average Bonchev–Trinajstić information content (AvgIpc) is 2.39. The molecule has 0 radical (unpaired) electrons. The maximum atomic E-state index is 11.4. The van der Waals surface area contributed by atoms with Crippen molar-refractivity contribution in [2.75, 3.05) is 45.8 Å². The molecule has 0 unspecified atom stereocenters. The zero-order valence-corrected chi connectivity index (χ0v) is 11.9. The molecular formula is C14H23N3O2. The molecule has 1 aromatic carbocycles. The van der Waals surface area contributed by atoms with Crippen LogP contribution in [-0.4, -0.2) is 46.8 Å². The van der Waals surface area contributed by atoms with Gasteiger partial charge in [-0.1, -0.05) is 12.1 Å². The van der Waals surface area contributed by atoms with E-state index in [-0.39, 0.29) is 5.91 Å². The fraction of sp³-hybridized carbons (Fsp3) is 0.500. The van der Waals surface area contributed by atoms with Crippen molar-refractivity contribution in [3.05, 3.63) is 29.8 Å². The van der Waals surface area contributed by atoms with Crippen molar-refractivity contribution in [1.82, 2.24) is 10.6 Å². The summed E-state index contributed by atoms with van der Waals surface area (Å²) in [4.78, 5) is 13.5. The van der Waals surface area contributed by atoms with Crippen LogP contribution in [0.25, 0.3) is 0 Å². The first-order valence-corrected chi connectivity index (χ1v) is 6.36. The number of ether oxygens (including phenoxy) is 1. The molecule has 5 heteroatoms. The summed E-state index contributed by atoms with van der Waals surface area (Å²) in [6, 6.07) is 8.25. The van der Waals surface area contributed by atoms with E-state index in [9.17, 15) is 4.79 Å². The Morgan fingerprint density at radius 3 is 2.53 bits per heavy atom. The molecule has 5 nitrogen and oxygen atoms in total. The highest BCUT2D eigenvalue weighted by Crippen LogP contribution is 2.11. The lowest BCUT2D eigenvalue weighted by atomic mass is 10.2. The van der Waals surface area contributed by atoms with Crippen molar-refractivity contribution < 1.29 is 9.53 Å². The van der Waals surface area contributed by atoms with Crippen molar-refractivity contribution in [3.63, 3.8) is 0 Å². The number of carbonyl (C=O) groups excluding carboxylic acids is 1. The van der Waals surface area contributed by atoms with E-state index in [1.807, 2.05) is 14.1 Å². The van der Waals surface area contributed by atoms with Crippen molar-refractivity contribution in [2.24, 2.45) is 0 Å². The van der Waals surface area contributed by atoms with Crippen molar-refractivity contribution >= 4 is 11.6 Å². The summed E-state index contributed by atoms with van der Waals surface area (Å²) in [7, 11) is 5.64. The highest BCUT2D eigenvalue weighted by atomic mass is 16.5. The molecule has 0 aliphatic heterocycles. The Morgan fingerprint density at radius 2 is 1.95 bits per heavy atom. The third kappa shape index (κ3) is 6.22. The first kappa shape index (κ1) is 15.5. The van der Waals surface area contributed by atoms with Crippen LogP contribution in [0.5, 0.6) is 0 Å². The van der Waals surface area contributed by atoms with Gasteiger partial charge in [-0.05, 0) is 17.7 Å². The fourth-order valence-electron chi connectivity index (χ4n) is 1.59. The lowest BCUT2D eigenvalue weighted by Crippen LogP contribution is -2.35. The van der Waals surface area contributed by atoms with Crippen LogP contribution in [0, 0.1) is 0 Å². The SMILES string of the molecule is COCCNC(=O)CNCc1ccc(N(C)C)cc1. The van der Waals surface area contributed by atoms with Gasteiger partial charge in [0.15, 0.2) is 0 Å². The molecule has 0 fully saturated rings. The van der Waals surface area contributed by atoms with Crippen molar-refractivity contribution in [3.8, 4) is 0 Å². The van der Waals surface area contributed by atoms with E-state index in [0.29, 0.717) is 26.2 Å². The molecule has 19 heavy (non-hydrogen) atoms. The minimum Gasteiger partial charge on any atom is -0.383 e. The third-order valence-electron chi connectivity index (χ3n) is 2.70. The van der Waals surface area contributed by atoms with E-state index in [1.54, 1.807) is 7.11 Å². The minimum atomic E-state index is -0.0121. The Morgan fingerprint density at radius 1 is 1.26 bits per heavy atom. The van der Waals surface area contributed by atoms with Crippen LogP contribution in [0.1, 0.15) is 5.56 Å². The van der Waals surface area contributed by atoms with E-state index in [1.165, 1.54) is 5.69 Å². The van der Waals surface area contributed by atoms with Gasteiger partial charge in [0, 0.05) is 40.0 Å². The predicted molar refractivity (Wildman–Crippen MR) is 77.4 cm³/mol. The molecule has 0 aliphatic carbocycles. The summed E-state index contributed by atoms with van der Waals surface area (Å²) in [6.07, 6.45) is 0. The Kier molecular flexibility index (Phi) is 6.92. The molecule has 0 aromatic heterocycles. The van der Waals surface area contributed by atoms with Crippen LogP contribution >= 0.6 is 0 Å². The Bertz CT molecular complexity index is 377. The topological polar surface area (TPSA) is 53.6 Å². The van der Waals surface area contributed by atoms with E-state index in [4.69, 9.17) is 4.74 Å². The van der Waals surface area contributed by atoms with Gasteiger partial charge in [0.25, 0.3) is 0 Å². The number of hydrogen-bond acceptors (Lipinski definition) is 4. The Balaban J connectivity index is 2.23. The highest BCUT2D eigenvalue weighted by Gasteiger charge is 2.00. The summed E-state index contributed by atoms with van der Waals surface area (Å²) in [6.45, 7) is 2.09. The normalized spacial score (nSPS) is 10.3. The smallest absolute Gasteiger partial charge is 0.234 e. The molecule has 0 saturated heterocycles. The minimum absolute atomic E-state index is 0.0121. The maximum Gasteiger partial charge on any atom is 0.234 e. The summed E-state index contributed by atoms with van der Waals surface area (Å²) in [5.41, 5.74) is 2.33. The number of methoxy groups -OCH3 is 1. The number of benzene rings is 1. The molecule has 106 valence electrons. The summed E-state index contributed by atoms with van der Waals surface area (Å²) in [5, 5.41) is 5.87. The Hall–Kier alpha value is -1.59. The predicted octanol–water partition coefficient (Wildman–Crippen LogP) is 0.605. The second kappa shape index (κ2) is 8.50. The van der Waals surface area contributed by atoms with Crippen molar-refractivity contribution in [1.29, 1.82) is 0 Å². The molecule has 1 amide bonds. The molecule has 1 rings (SSSR count). The van der Waals surface area contributed by atoms with Crippen LogP contribution in [0.15, 0.2) is 24.3 Å². The molecule has 0 spiro atoms. The number of anilines is 1. The quantitative estimate of drug-likeness (QED) is 0.676. The first-order chi connectivity index (χ1) is 9.13. The summed E-state index contributed by atoms with van der Waals surface area (Å²) < 4.78 is 4.86. The van der Waals surface area contributed by atoms with Gasteiger partial charge in [-0.25, -0.2) is 0 Å². The van der Waals surface area contributed by atoms with Crippen molar-refractivity contribution in [2.45, 2.75) is 6.54 Å². The number of amides is 1. The fourth-order valence-corrected chi connectivity index (χ4v) is 1.59. The summed E-state index contributed by atoms with van der Waals surface area (Å²) >= 11 is 0. The van der Waals surface area contributed by atoms with E-state index < -0.39 is 0 Å². The van der Waals surface area contributed by atoms with Gasteiger partial charge in [-0.15, -0.1) is 0 Å². The summed E-state index contributed by atoms with van der Waals surface area (Å²) in [5.74, 6) is -0.0121. The van der Waals surface area contributed by atoms with Crippen LogP contribution < -0.4 is 15.5 Å². The molecule has 0 heterocycles. The molecule has 1 aromatic rings.